The molecule has 0 radical (unpaired) electrons. The van der Waals surface area contributed by atoms with Crippen molar-refractivity contribution >= 4 is 22.9 Å². The average molecular weight is 340 g/mol. The van der Waals surface area contributed by atoms with E-state index in [0.717, 1.165) is 30.0 Å². The maximum absolute atomic E-state index is 12.5. The van der Waals surface area contributed by atoms with Crippen LogP contribution in [0, 0.1) is 0 Å². The molecule has 1 aliphatic carbocycles. The fourth-order valence-corrected chi connectivity index (χ4v) is 4.84. The minimum Gasteiger partial charge on any atom is -0.321 e. The van der Waals surface area contributed by atoms with E-state index in [9.17, 15) is 4.79 Å². The summed E-state index contributed by atoms with van der Waals surface area (Å²) in [6.45, 7) is 3.44. The number of carbonyl (C=O) groups is 1. The lowest BCUT2D eigenvalue weighted by molar-refractivity contribution is 0.103. The van der Waals surface area contributed by atoms with Gasteiger partial charge in [0, 0.05) is 17.1 Å². The Bertz CT molecular complexity index is 690. The highest BCUT2D eigenvalue weighted by Crippen LogP contribution is 2.30. The molecule has 1 fully saturated rings. The van der Waals surface area contributed by atoms with E-state index in [1.54, 1.807) is 11.3 Å². The SMILES string of the molecule is O=C(Nc1ccc(CN2CCCC2)cc1)c1cc2c(s1)CCCC2. The van der Waals surface area contributed by atoms with Crippen LogP contribution >= 0.6 is 11.3 Å². The highest BCUT2D eigenvalue weighted by Gasteiger charge is 2.17. The second kappa shape index (κ2) is 7.08. The van der Waals surface area contributed by atoms with Gasteiger partial charge in [0.25, 0.3) is 5.91 Å². The van der Waals surface area contributed by atoms with E-state index in [1.165, 1.54) is 54.8 Å². The predicted octanol–water partition coefficient (Wildman–Crippen LogP) is 4.48. The van der Waals surface area contributed by atoms with Crippen molar-refractivity contribution in [3.63, 3.8) is 0 Å². The summed E-state index contributed by atoms with van der Waals surface area (Å²) in [5.41, 5.74) is 3.59. The van der Waals surface area contributed by atoms with Gasteiger partial charge in [-0.2, -0.15) is 0 Å². The molecule has 4 heteroatoms. The zero-order chi connectivity index (χ0) is 16.4. The fourth-order valence-electron chi connectivity index (χ4n) is 3.69. The molecule has 4 rings (SSSR count). The smallest absolute Gasteiger partial charge is 0.265 e. The normalized spacial score (nSPS) is 17.7. The van der Waals surface area contributed by atoms with Crippen LogP contribution in [-0.4, -0.2) is 23.9 Å². The van der Waals surface area contributed by atoms with Crippen molar-refractivity contribution in [2.75, 3.05) is 18.4 Å². The number of anilines is 1. The van der Waals surface area contributed by atoms with Crippen molar-refractivity contribution in [2.45, 2.75) is 45.1 Å². The summed E-state index contributed by atoms with van der Waals surface area (Å²) in [6, 6.07) is 10.4. The van der Waals surface area contributed by atoms with Crippen molar-refractivity contribution in [3.8, 4) is 0 Å². The summed E-state index contributed by atoms with van der Waals surface area (Å²) in [7, 11) is 0. The minimum atomic E-state index is 0.0293. The lowest BCUT2D eigenvalue weighted by Crippen LogP contribution is -2.18. The number of fused-ring (bicyclic) bond motifs is 1. The number of rotatable bonds is 4. The standard InChI is InChI=1S/C20H24N2OS/c23-20(19-13-16-5-1-2-6-18(16)24-19)21-17-9-7-15(8-10-17)14-22-11-3-4-12-22/h7-10,13H,1-6,11-12,14H2,(H,21,23). The Morgan fingerprint density at radius 3 is 2.54 bits per heavy atom. The van der Waals surface area contributed by atoms with Crippen LogP contribution in [0.4, 0.5) is 5.69 Å². The molecule has 1 aromatic heterocycles. The number of benzene rings is 1. The Kier molecular flexibility index (Phi) is 4.67. The van der Waals surface area contributed by atoms with Crippen LogP contribution in [0.3, 0.4) is 0 Å². The van der Waals surface area contributed by atoms with Crippen molar-refractivity contribution in [1.82, 2.24) is 4.90 Å². The van der Waals surface area contributed by atoms with Crippen LogP contribution in [0.15, 0.2) is 30.3 Å². The maximum Gasteiger partial charge on any atom is 0.265 e. The summed E-state index contributed by atoms with van der Waals surface area (Å²) in [5, 5.41) is 3.05. The molecule has 1 amide bonds. The van der Waals surface area contributed by atoms with E-state index in [2.05, 4.69) is 28.4 Å². The summed E-state index contributed by atoms with van der Waals surface area (Å²) < 4.78 is 0. The number of hydrogen-bond donors (Lipinski definition) is 1. The lowest BCUT2D eigenvalue weighted by atomic mass is 9.99. The highest BCUT2D eigenvalue weighted by molar-refractivity contribution is 7.14. The third kappa shape index (κ3) is 3.55. The zero-order valence-corrected chi connectivity index (χ0v) is 14.8. The first-order chi connectivity index (χ1) is 11.8. The molecule has 0 spiro atoms. The van der Waals surface area contributed by atoms with Gasteiger partial charge in [0.05, 0.1) is 4.88 Å². The van der Waals surface area contributed by atoms with Gasteiger partial charge < -0.3 is 5.32 Å². The number of aryl methyl sites for hydroxylation is 2. The van der Waals surface area contributed by atoms with E-state index in [0.29, 0.717) is 0 Å². The predicted molar refractivity (Wildman–Crippen MR) is 99.9 cm³/mol. The Morgan fingerprint density at radius 1 is 1.04 bits per heavy atom. The first kappa shape index (κ1) is 15.9. The van der Waals surface area contributed by atoms with E-state index in [4.69, 9.17) is 0 Å². The molecule has 2 aliphatic rings. The molecular weight excluding hydrogens is 316 g/mol. The number of nitrogens with zero attached hydrogens (tertiary/aromatic N) is 1. The quantitative estimate of drug-likeness (QED) is 0.890. The Hall–Kier alpha value is -1.65. The van der Waals surface area contributed by atoms with Crippen molar-refractivity contribution < 1.29 is 4.79 Å². The van der Waals surface area contributed by atoms with Crippen LogP contribution in [0.1, 0.15) is 51.4 Å². The van der Waals surface area contributed by atoms with Gasteiger partial charge in [0.1, 0.15) is 0 Å². The number of nitrogens with one attached hydrogen (secondary N) is 1. The molecule has 2 aromatic rings. The summed E-state index contributed by atoms with van der Waals surface area (Å²) in [4.78, 5) is 17.2. The third-order valence-electron chi connectivity index (χ3n) is 5.04. The highest BCUT2D eigenvalue weighted by atomic mass is 32.1. The molecule has 1 aromatic carbocycles. The second-order valence-electron chi connectivity index (χ2n) is 6.90. The van der Waals surface area contributed by atoms with Gasteiger partial charge in [0.15, 0.2) is 0 Å². The summed E-state index contributed by atoms with van der Waals surface area (Å²) in [5.74, 6) is 0.0293. The molecule has 24 heavy (non-hydrogen) atoms. The molecule has 0 unspecified atom stereocenters. The van der Waals surface area contributed by atoms with E-state index >= 15 is 0 Å². The first-order valence-electron chi connectivity index (χ1n) is 9.02. The van der Waals surface area contributed by atoms with Gasteiger partial charge in [-0.05, 0) is 80.9 Å². The lowest BCUT2D eigenvalue weighted by Gasteiger charge is -2.14. The van der Waals surface area contributed by atoms with E-state index in [-0.39, 0.29) is 5.91 Å². The summed E-state index contributed by atoms with van der Waals surface area (Å²) in [6.07, 6.45) is 7.41. The first-order valence-corrected chi connectivity index (χ1v) is 9.84. The fraction of sp³-hybridized carbons (Fsp3) is 0.450. The largest absolute Gasteiger partial charge is 0.321 e. The number of thiophene rings is 1. The van der Waals surface area contributed by atoms with Crippen molar-refractivity contribution in [3.05, 3.63) is 51.2 Å². The second-order valence-corrected chi connectivity index (χ2v) is 8.04. The Balaban J connectivity index is 1.39. The molecule has 1 N–H and O–H groups in total. The van der Waals surface area contributed by atoms with Gasteiger partial charge in [-0.3, -0.25) is 9.69 Å². The molecule has 1 aliphatic heterocycles. The molecule has 0 atom stereocenters. The number of likely N-dealkylation sites (tertiary alicyclic amines) is 1. The number of amides is 1. The van der Waals surface area contributed by atoms with E-state index < -0.39 is 0 Å². The van der Waals surface area contributed by atoms with Crippen molar-refractivity contribution in [2.24, 2.45) is 0 Å². The van der Waals surface area contributed by atoms with Gasteiger partial charge in [0.2, 0.25) is 0 Å². The average Bonchev–Trinajstić information content (AvgIpc) is 3.25. The van der Waals surface area contributed by atoms with Crippen LogP contribution < -0.4 is 5.32 Å². The Labute approximate surface area is 147 Å². The molecule has 3 nitrogen and oxygen atoms in total. The van der Waals surface area contributed by atoms with Gasteiger partial charge in [-0.25, -0.2) is 0 Å². The van der Waals surface area contributed by atoms with Gasteiger partial charge in [-0.1, -0.05) is 12.1 Å². The number of hydrogen-bond acceptors (Lipinski definition) is 3. The molecule has 1 saturated heterocycles. The zero-order valence-electron chi connectivity index (χ0n) is 14.0. The molecule has 0 bridgehead atoms. The van der Waals surface area contributed by atoms with E-state index in [1.807, 2.05) is 12.1 Å². The number of carbonyl (C=O) groups excluding carboxylic acids is 1. The molecule has 126 valence electrons. The Morgan fingerprint density at radius 2 is 1.79 bits per heavy atom. The van der Waals surface area contributed by atoms with Crippen LogP contribution in [0.2, 0.25) is 0 Å². The molecule has 0 saturated carbocycles. The van der Waals surface area contributed by atoms with Gasteiger partial charge >= 0.3 is 0 Å². The van der Waals surface area contributed by atoms with Gasteiger partial charge in [-0.15, -0.1) is 11.3 Å². The topological polar surface area (TPSA) is 32.3 Å². The van der Waals surface area contributed by atoms with Crippen LogP contribution in [0.5, 0.6) is 0 Å². The molecular formula is C20H24N2OS. The maximum atomic E-state index is 12.5. The van der Waals surface area contributed by atoms with Crippen LogP contribution in [-0.2, 0) is 19.4 Å². The minimum absolute atomic E-state index is 0.0293. The molecule has 2 heterocycles. The monoisotopic (exact) mass is 340 g/mol. The summed E-state index contributed by atoms with van der Waals surface area (Å²) >= 11 is 1.67. The van der Waals surface area contributed by atoms with Crippen LogP contribution in [0.25, 0.3) is 0 Å². The third-order valence-corrected chi connectivity index (χ3v) is 6.27. The van der Waals surface area contributed by atoms with Crippen molar-refractivity contribution in [1.29, 1.82) is 0 Å².